The average molecular weight is 556 g/mol. The highest BCUT2D eigenvalue weighted by Crippen LogP contribution is 2.42. The average Bonchev–Trinajstić information content (AvgIpc) is 3.01. The SMILES string of the molecule is COCCN1CCN(CCc2ccc(Nc3ncc4c(n3)-c3ccccc3[C@@H](c3ccc(F)c(F)c3)C4)cc2)CC1. The number of ether oxygens (including phenoxy) is 1. The molecule has 1 aliphatic carbocycles. The Morgan fingerprint density at radius 2 is 1.66 bits per heavy atom. The number of fused-ring (bicyclic) bond motifs is 3. The van der Waals surface area contributed by atoms with Crippen LogP contribution in [0.1, 0.15) is 28.2 Å². The molecule has 1 atom stereocenters. The Labute approximate surface area is 240 Å². The van der Waals surface area contributed by atoms with Crippen LogP contribution < -0.4 is 5.32 Å². The zero-order chi connectivity index (χ0) is 28.2. The van der Waals surface area contributed by atoms with Crippen molar-refractivity contribution in [3.05, 3.63) is 107 Å². The first-order valence-electron chi connectivity index (χ1n) is 14.3. The number of hydrogen-bond acceptors (Lipinski definition) is 6. The van der Waals surface area contributed by atoms with E-state index in [9.17, 15) is 8.78 Å². The molecule has 4 aromatic rings. The van der Waals surface area contributed by atoms with E-state index in [1.807, 2.05) is 30.5 Å². The Morgan fingerprint density at radius 1 is 0.902 bits per heavy atom. The summed E-state index contributed by atoms with van der Waals surface area (Å²) in [5, 5.41) is 3.36. The van der Waals surface area contributed by atoms with Crippen molar-refractivity contribution in [2.75, 3.05) is 58.3 Å². The van der Waals surface area contributed by atoms with E-state index < -0.39 is 11.6 Å². The molecule has 1 saturated heterocycles. The van der Waals surface area contributed by atoms with Gasteiger partial charge in [0.2, 0.25) is 5.95 Å². The summed E-state index contributed by atoms with van der Waals surface area (Å²) >= 11 is 0. The summed E-state index contributed by atoms with van der Waals surface area (Å²) in [7, 11) is 1.76. The molecule has 6 rings (SSSR count). The molecule has 2 heterocycles. The third-order valence-electron chi connectivity index (χ3n) is 8.23. The normalized spacial score (nSPS) is 17.2. The number of aromatic nitrogens is 2. The second-order valence-corrected chi connectivity index (χ2v) is 10.8. The highest BCUT2D eigenvalue weighted by Gasteiger charge is 2.28. The van der Waals surface area contributed by atoms with E-state index in [1.54, 1.807) is 13.2 Å². The lowest BCUT2D eigenvalue weighted by Gasteiger charge is -2.34. The maximum absolute atomic E-state index is 14.1. The van der Waals surface area contributed by atoms with Crippen LogP contribution >= 0.6 is 0 Å². The van der Waals surface area contributed by atoms with Gasteiger partial charge in [-0.05, 0) is 59.4 Å². The number of nitrogens with one attached hydrogen (secondary N) is 1. The molecular weight excluding hydrogens is 520 g/mol. The summed E-state index contributed by atoms with van der Waals surface area (Å²) in [5.74, 6) is -1.23. The van der Waals surface area contributed by atoms with Crippen LogP contribution in [0.5, 0.6) is 0 Å². The molecule has 212 valence electrons. The summed E-state index contributed by atoms with van der Waals surface area (Å²) in [6.07, 6.45) is 3.48. The van der Waals surface area contributed by atoms with Gasteiger partial charge < -0.3 is 15.0 Å². The molecule has 2 aliphatic rings. The van der Waals surface area contributed by atoms with E-state index in [0.29, 0.717) is 12.4 Å². The molecule has 0 saturated carbocycles. The van der Waals surface area contributed by atoms with Gasteiger partial charge in [0, 0.05) is 69.7 Å². The number of anilines is 2. The minimum atomic E-state index is -0.835. The fraction of sp³-hybridized carbons (Fsp3) is 0.333. The summed E-state index contributed by atoms with van der Waals surface area (Å²) in [5.41, 5.74) is 6.88. The van der Waals surface area contributed by atoms with Crippen LogP contribution in [-0.4, -0.2) is 72.8 Å². The van der Waals surface area contributed by atoms with E-state index in [4.69, 9.17) is 9.72 Å². The van der Waals surface area contributed by atoms with Gasteiger partial charge in [-0.2, -0.15) is 0 Å². The number of methoxy groups -OCH3 is 1. The van der Waals surface area contributed by atoms with Crippen molar-refractivity contribution in [2.24, 2.45) is 0 Å². The van der Waals surface area contributed by atoms with Gasteiger partial charge in [0.15, 0.2) is 11.6 Å². The zero-order valence-corrected chi connectivity index (χ0v) is 23.3. The van der Waals surface area contributed by atoms with Crippen molar-refractivity contribution in [1.29, 1.82) is 0 Å². The fourth-order valence-electron chi connectivity index (χ4n) is 5.85. The van der Waals surface area contributed by atoms with E-state index in [2.05, 4.69) is 44.4 Å². The van der Waals surface area contributed by atoms with Crippen LogP contribution in [0.25, 0.3) is 11.3 Å². The second-order valence-electron chi connectivity index (χ2n) is 10.8. The fourth-order valence-corrected chi connectivity index (χ4v) is 5.85. The van der Waals surface area contributed by atoms with Gasteiger partial charge >= 0.3 is 0 Å². The van der Waals surface area contributed by atoms with Gasteiger partial charge in [-0.3, -0.25) is 4.90 Å². The van der Waals surface area contributed by atoms with Crippen LogP contribution in [0.3, 0.4) is 0 Å². The molecule has 1 aromatic heterocycles. The van der Waals surface area contributed by atoms with Gasteiger partial charge in [0.25, 0.3) is 0 Å². The molecule has 3 aromatic carbocycles. The summed E-state index contributed by atoms with van der Waals surface area (Å²) in [6.45, 7) is 7.27. The molecule has 1 N–H and O–H groups in total. The zero-order valence-electron chi connectivity index (χ0n) is 23.3. The van der Waals surface area contributed by atoms with Gasteiger partial charge in [-0.25, -0.2) is 18.7 Å². The predicted octanol–water partition coefficient (Wildman–Crippen LogP) is 5.66. The first kappa shape index (κ1) is 27.4. The van der Waals surface area contributed by atoms with Gasteiger partial charge in [-0.1, -0.05) is 42.5 Å². The largest absolute Gasteiger partial charge is 0.383 e. The maximum Gasteiger partial charge on any atom is 0.227 e. The Balaban J connectivity index is 1.10. The third kappa shape index (κ3) is 6.30. The number of nitrogens with zero attached hydrogens (tertiary/aromatic N) is 4. The Kier molecular flexibility index (Phi) is 8.32. The van der Waals surface area contributed by atoms with Crippen molar-refractivity contribution >= 4 is 11.6 Å². The van der Waals surface area contributed by atoms with E-state index in [1.165, 1.54) is 17.7 Å². The molecule has 1 aliphatic heterocycles. The van der Waals surface area contributed by atoms with Crippen molar-refractivity contribution in [3.8, 4) is 11.3 Å². The molecule has 0 bridgehead atoms. The molecule has 6 nitrogen and oxygen atoms in total. The molecule has 0 spiro atoms. The van der Waals surface area contributed by atoms with Crippen LogP contribution in [0.15, 0.2) is 72.9 Å². The second kappa shape index (κ2) is 12.4. The Hall–Kier alpha value is -3.72. The van der Waals surface area contributed by atoms with Crippen LogP contribution in [-0.2, 0) is 17.6 Å². The lowest BCUT2D eigenvalue weighted by molar-refractivity contribution is 0.0976. The standard InChI is InChI=1S/C33H35F2N5O/c1-41-19-18-40-16-14-39(15-17-40)13-12-23-6-9-26(10-7-23)37-33-36-22-25-20-29(24-8-11-30(34)31(35)21-24)27-4-2-3-5-28(27)32(25)38-33/h2-11,21-22,29H,12-20H2,1H3,(H,36,37,38)/t29-/m1/s1. The first-order valence-corrected chi connectivity index (χ1v) is 14.3. The van der Waals surface area contributed by atoms with Crippen LogP contribution in [0.2, 0.25) is 0 Å². The van der Waals surface area contributed by atoms with E-state index in [-0.39, 0.29) is 5.92 Å². The summed E-state index contributed by atoms with van der Waals surface area (Å²) < 4.78 is 32.8. The number of benzene rings is 3. The number of piperazine rings is 1. The monoisotopic (exact) mass is 555 g/mol. The molecule has 0 amide bonds. The van der Waals surface area contributed by atoms with Gasteiger partial charge in [-0.15, -0.1) is 0 Å². The van der Waals surface area contributed by atoms with Crippen molar-refractivity contribution in [2.45, 2.75) is 18.8 Å². The molecule has 41 heavy (non-hydrogen) atoms. The van der Waals surface area contributed by atoms with Crippen molar-refractivity contribution in [1.82, 2.24) is 19.8 Å². The third-order valence-corrected chi connectivity index (χ3v) is 8.23. The minimum absolute atomic E-state index is 0.0942. The lowest BCUT2D eigenvalue weighted by Crippen LogP contribution is -2.47. The summed E-state index contributed by atoms with van der Waals surface area (Å²) in [6, 6.07) is 20.7. The molecule has 0 radical (unpaired) electrons. The molecular formula is C33H35F2N5O. The van der Waals surface area contributed by atoms with Gasteiger partial charge in [0.05, 0.1) is 12.3 Å². The van der Waals surface area contributed by atoms with Crippen molar-refractivity contribution < 1.29 is 13.5 Å². The quantitative estimate of drug-likeness (QED) is 0.288. The number of rotatable bonds is 9. The van der Waals surface area contributed by atoms with E-state index in [0.717, 1.165) is 85.9 Å². The molecule has 1 fully saturated rings. The molecule has 0 unspecified atom stereocenters. The predicted molar refractivity (Wildman–Crippen MR) is 158 cm³/mol. The number of hydrogen-bond donors (Lipinski definition) is 1. The maximum atomic E-state index is 14.1. The Bertz CT molecular complexity index is 1490. The minimum Gasteiger partial charge on any atom is -0.383 e. The first-order chi connectivity index (χ1) is 20.1. The van der Waals surface area contributed by atoms with Crippen LogP contribution in [0.4, 0.5) is 20.4 Å². The number of halogens is 2. The highest BCUT2D eigenvalue weighted by atomic mass is 19.2. The lowest BCUT2D eigenvalue weighted by atomic mass is 9.78. The van der Waals surface area contributed by atoms with E-state index >= 15 is 0 Å². The van der Waals surface area contributed by atoms with Gasteiger partial charge in [0.1, 0.15) is 0 Å². The molecule has 8 heteroatoms. The topological polar surface area (TPSA) is 53.5 Å². The smallest absolute Gasteiger partial charge is 0.227 e. The highest BCUT2D eigenvalue weighted by molar-refractivity contribution is 5.73. The van der Waals surface area contributed by atoms with Crippen molar-refractivity contribution in [3.63, 3.8) is 0 Å². The van der Waals surface area contributed by atoms with Crippen LogP contribution in [0, 0.1) is 11.6 Å². The Morgan fingerprint density at radius 3 is 2.41 bits per heavy atom. The summed E-state index contributed by atoms with van der Waals surface area (Å²) in [4.78, 5) is 14.5.